The quantitative estimate of drug-likeness (QED) is 0.719. The zero-order chi connectivity index (χ0) is 9.84. The van der Waals surface area contributed by atoms with Crippen LogP contribution in [0.3, 0.4) is 0 Å². The maximum absolute atomic E-state index is 11.4. The summed E-state index contributed by atoms with van der Waals surface area (Å²) in [5.74, 6) is 2.21. The van der Waals surface area contributed by atoms with E-state index in [-0.39, 0.29) is 11.9 Å². The van der Waals surface area contributed by atoms with E-state index in [1.54, 1.807) is 6.92 Å². The van der Waals surface area contributed by atoms with Gasteiger partial charge in [-0.15, -0.1) is 17.8 Å². The Morgan fingerprint density at radius 3 is 3.00 bits per heavy atom. The predicted molar refractivity (Wildman–Crippen MR) is 52.6 cm³/mol. The van der Waals surface area contributed by atoms with Gasteiger partial charge in [0, 0.05) is 11.1 Å². The van der Waals surface area contributed by atoms with E-state index in [1.807, 2.05) is 12.3 Å². The molecule has 1 unspecified atom stereocenters. The molecule has 1 atom stereocenters. The molecule has 1 heterocycles. The Hall–Kier alpha value is -1.34. The fourth-order valence-corrected chi connectivity index (χ4v) is 1.46. The van der Waals surface area contributed by atoms with Crippen LogP contribution in [0, 0.1) is 19.3 Å². The summed E-state index contributed by atoms with van der Waals surface area (Å²) in [4.78, 5) is 15.4. The topological polar surface area (TPSA) is 42.0 Å². The van der Waals surface area contributed by atoms with Gasteiger partial charge in [0.05, 0.1) is 6.04 Å². The summed E-state index contributed by atoms with van der Waals surface area (Å²) in [7, 11) is 0. The highest BCUT2D eigenvalue weighted by Crippen LogP contribution is 2.08. The molecule has 0 bridgehead atoms. The number of aromatic nitrogens is 1. The lowest BCUT2D eigenvalue weighted by Gasteiger charge is -2.04. The molecule has 0 saturated carbocycles. The van der Waals surface area contributed by atoms with Crippen molar-refractivity contribution in [2.75, 3.05) is 0 Å². The van der Waals surface area contributed by atoms with E-state index < -0.39 is 0 Å². The number of hydrogen-bond acceptors (Lipinski definition) is 3. The van der Waals surface area contributed by atoms with Gasteiger partial charge in [0.15, 0.2) is 5.01 Å². The summed E-state index contributed by atoms with van der Waals surface area (Å²) >= 11 is 1.32. The third-order valence-electron chi connectivity index (χ3n) is 1.41. The number of aryl methyl sites for hydroxylation is 1. The van der Waals surface area contributed by atoms with Gasteiger partial charge in [-0.2, -0.15) is 0 Å². The van der Waals surface area contributed by atoms with Crippen LogP contribution in [-0.4, -0.2) is 16.9 Å². The minimum Gasteiger partial charge on any atom is -0.337 e. The van der Waals surface area contributed by atoms with Gasteiger partial charge in [0.2, 0.25) is 0 Å². The van der Waals surface area contributed by atoms with Crippen molar-refractivity contribution in [3.8, 4) is 12.3 Å². The number of carbonyl (C=O) groups excluding carboxylic acids is 1. The Balaban J connectivity index is 2.65. The molecule has 68 valence electrons. The van der Waals surface area contributed by atoms with Gasteiger partial charge in [-0.05, 0) is 13.8 Å². The van der Waals surface area contributed by atoms with Crippen LogP contribution in [0.1, 0.15) is 22.4 Å². The Bertz CT molecular complexity index is 351. The molecule has 3 nitrogen and oxygen atoms in total. The van der Waals surface area contributed by atoms with Crippen molar-refractivity contribution < 1.29 is 4.79 Å². The number of amides is 1. The molecule has 13 heavy (non-hydrogen) atoms. The van der Waals surface area contributed by atoms with Crippen molar-refractivity contribution in [2.24, 2.45) is 0 Å². The molecule has 0 spiro atoms. The predicted octanol–water partition coefficient (Wildman–Crippen LogP) is 1.20. The second-order valence-corrected chi connectivity index (χ2v) is 3.51. The second kappa shape index (κ2) is 4.06. The van der Waals surface area contributed by atoms with E-state index in [1.165, 1.54) is 11.3 Å². The van der Waals surface area contributed by atoms with Crippen LogP contribution in [0.25, 0.3) is 0 Å². The molecular formula is C9H10N2OS. The minimum atomic E-state index is -0.253. The smallest absolute Gasteiger partial charge is 0.281 e. The summed E-state index contributed by atoms with van der Waals surface area (Å²) in [6, 6.07) is -0.253. The third-order valence-corrected chi connectivity index (χ3v) is 2.37. The molecule has 0 aliphatic carbocycles. The highest BCUT2D eigenvalue weighted by atomic mass is 32.1. The highest BCUT2D eigenvalue weighted by Gasteiger charge is 2.10. The summed E-state index contributed by atoms with van der Waals surface area (Å²) < 4.78 is 0. The molecule has 0 saturated heterocycles. The van der Waals surface area contributed by atoms with Gasteiger partial charge in [-0.25, -0.2) is 4.98 Å². The zero-order valence-corrected chi connectivity index (χ0v) is 8.31. The number of thiazole rings is 1. The van der Waals surface area contributed by atoms with Gasteiger partial charge < -0.3 is 5.32 Å². The number of nitrogens with one attached hydrogen (secondary N) is 1. The molecule has 1 amide bonds. The molecule has 0 aliphatic rings. The van der Waals surface area contributed by atoms with Crippen LogP contribution in [-0.2, 0) is 0 Å². The Morgan fingerprint density at radius 1 is 1.85 bits per heavy atom. The van der Waals surface area contributed by atoms with E-state index >= 15 is 0 Å². The fourth-order valence-electron chi connectivity index (χ4n) is 0.758. The molecule has 1 aromatic rings. The number of hydrogen-bond donors (Lipinski definition) is 1. The third kappa shape index (κ3) is 2.56. The van der Waals surface area contributed by atoms with E-state index in [2.05, 4.69) is 16.2 Å². The molecular weight excluding hydrogens is 184 g/mol. The lowest BCUT2D eigenvalue weighted by atomic mass is 10.3. The van der Waals surface area contributed by atoms with Crippen LogP contribution < -0.4 is 5.32 Å². The van der Waals surface area contributed by atoms with Crippen molar-refractivity contribution in [3.63, 3.8) is 0 Å². The molecule has 0 aromatic carbocycles. The average molecular weight is 194 g/mol. The number of terminal acetylenes is 1. The lowest BCUT2D eigenvalue weighted by molar-refractivity contribution is 0.0947. The molecule has 1 N–H and O–H groups in total. The van der Waals surface area contributed by atoms with Crippen molar-refractivity contribution in [2.45, 2.75) is 19.9 Å². The molecule has 0 aliphatic heterocycles. The Labute approximate surface area is 81.2 Å². The van der Waals surface area contributed by atoms with Crippen LogP contribution in [0.15, 0.2) is 5.38 Å². The van der Waals surface area contributed by atoms with Crippen LogP contribution in [0.4, 0.5) is 0 Å². The van der Waals surface area contributed by atoms with Gasteiger partial charge in [-0.1, -0.05) is 5.92 Å². The average Bonchev–Trinajstić information content (AvgIpc) is 2.51. The summed E-state index contributed by atoms with van der Waals surface area (Å²) in [5.41, 5.74) is 0.850. The first kappa shape index (κ1) is 9.75. The maximum atomic E-state index is 11.4. The van der Waals surface area contributed by atoms with Crippen molar-refractivity contribution in [1.29, 1.82) is 0 Å². The van der Waals surface area contributed by atoms with Gasteiger partial charge in [-0.3, -0.25) is 4.79 Å². The summed E-state index contributed by atoms with van der Waals surface area (Å²) in [6.45, 7) is 3.59. The van der Waals surface area contributed by atoms with E-state index in [0.29, 0.717) is 5.01 Å². The van der Waals surface area contributed by atoms with Crippen LogP contribution >= 0.6 is 11.3 Å². The van der Waals surface area contributed by atoms with Crippen molar-refractivity contribution >= 4 is 17.2 Å². The summed E-state index contributed by atoms with van der Waals surface area (Å²) in [5, 5.41) is 4.92. The normalized spacial score (nSPS) is 11.8. The van der Waals surface area contributed by atoms with Crippen LogP contribution in [0.5, 0.6) is 0 Å². The van der Waals surface area contributed by atoms with Crippen molar-refractivity contribution in [3.05, 3.63) is 16.1 Å². The molecule has 4 heteroatoms. The first-order valence-electron chi connectivity index (χ1n) is 3.82. The fraction of sp³-hybridized carbons (Fsp3) is 0.333. The van der Waals surface area contributed by atoms with Gasteiger partial charge in [0.1, 0.15) is 0 Å². The van der Waals surface area contributed by atoms with Crippen molar-refractivity contribution in [1.82, 2.24) is 10.3 Å². The molecule has 1 rings (SSSR count). The standard InChI is InChI=1S/C9H10N2OS/c1-4-6(2)10-8(12)9-11-7(3)5-13-9/h1,5-6H,2-3H3,(H,10,12). The Morgan fingerprint density at radius 2 is 2.54 bits per heavy atom. The Kier molecular flexibility index (Phi) is 3.04. The lowest BCUT2D eigenvalue weighted by Crippen LogP contribution is -2.31. The molecule has 0 radical (unpaired) electrons. The summed E-state index contributed by atoms with van der Waals surface area (Å²) in [6.07, 6.45) is 5.12. The second-order valence-electron chi connectivity index (χ2n) is 2.66. The van der Waals surface area contributed by atoms with Gasteiger partial charge in [0.25, 0.3) is 5.91 Å². The molecule has 0 fully saturated rings. The number of rotatable bonds is 2. The first-order chi connectivity index (χ1) is 6.13. The first-order valence-corrected chi connectivity index (χ1v) is 4.70. The minimum absolute atomic E-state index is 0.205. The molecule has 1 aromatic heterocycles. The van der Waals surface area contributed by atoms with E-state index in [9.17, 15) is 4.79 Å². The number of nitrogens with zero attached hydrogens (tertiary/aromatic N) is 1. The van der Waals surface area contributed by atoms with E-state index in [0.717, 1.165) is 5.69 Å². The number of carbonyl (C=O) groups is 1. The highest BCUT2D eigenvalue weighted by molar-refractivity contribution is 7.11. The SMILES string of the molecule is C#CC(C)NC(=O)c1nc(C)cs1. The van der Waals surface area contributed by atoms with E-state index in [4.69, 9.17) is 6.42 Å². The largest absolute Gasteiger partial charge is 0.337 e. The van der Waals surface area contributed by atoms with Crippen LogP contribution in [0.2, 0.25) is 0 Å². The monoisotopic (exact) mass is 194 g/mol. The van der Waals surface area contributed by atoms with Gasteiger partial charge >= 0.3 is 0 Å². The maximum Gasteiger partial charge on any atom is 0.281 e. The zero-order valence-electron chi connectivity index (χ0n) is 7.50.